The number of amides is 5. The SMILES string of the molecule is Cc1ccc(N(Cc2ccc(-c3nnc(C(F)(F)F)o3)cc2)C(=O)N2CCOCC2)cc1.Cc1ccc(N(Cc2ccc(C(=O)CNC(=O)C(F)(F)F)cc2)C(=O)N2CCOCC2)cc1. The Morgan fingerprint density at radius 2 is 1.05 bits per heavy atom. The van der Waals surface area contributed by atoms with Gasteiger partial charge in [-0.1, -0.05) is 71.8 Å². The molecule has 0 spiro atoms. The fraction of sp³-hybridized carbons (Fsp3) is 0.333. The molecule has 4 aromatic carbocycles. The molecule has 0 bridgehead atoms. The van der Waals surface area contributed by atoms with Gasteiger partial charge < -0.3 is 29.0 Å². The summed E-state index contributed by atoms with van der Waals surface area (Å²) in [7, 11) is 0. The minimum Gasteiger partial charge on any atom is -0.413 e. The van der Waals surface area contributed by atoms with Gasteiger partial charge in [0.05, 0.1) is 46.1 Å². The van der Waals surface area contributed by atoms with E-state index in [4.69, 9.17) is 13.9 Å². The van der Waals surface area contributed by atoms with Gasteiger partial charge in [0.25, 0.3) is 0 Å². The van der Waals surface area contributed by atoms with Crippen molar-refractivity contribution in [3.8, 4) is 11.5 Å². The van der Waals surface area contributed by atoms with Crippen molar-refractivity contribution in [3.63, 3.8) is 0 Å². The monoisotopic (exact) mass is 909 g/mol. The Morgan fingerprint density at radius 1 is 0.615 bits per heavy atom. The van der Waals surface area contributed by atoms with Crippen LogP contribution in [0.5, 0.6) is 0 Å². The molecule has 1 N–H and O–H groups in total. The molecule has 5 amide bonds. The first-order valence-corrected chi connectivity index (χ1v) is 20.3. The van der Waals surface area contributed by atoms with Gasteiger partial charge >= 0.3 is 36.2 Å². The van der Waals surface area contributed by atoms with Gasteiger partial charge in [0.1, 0.15) is 0 Å². The van der Waals surface area contributed by atoms with Crippen molar-refractivity contribution < 1.29 is 59.4 Å². The summed E-state index contributed by atoms with van der Waals surface area (Å²) in [5, 5.41) is 8.08. The molecule has 3 heterocycles. The number of ketones is 1. The molecule has 5 aromatic rings. The second kappa shape index (κ2) is 21.3. The lowest BCUT2D eigenvalue weighted by atomic mass is 10.1. The summed E-state index contributed by atoms with van der Waals surface area (Å²) >= 11 is 0. The zero-order valence-electron chi connectivity index (χ0n) is 35.3. The van der Waals surface area contributed by atoms with Crippen LogP contribution in [0, 0.1) is 13.8 Å². The Hall–Kier alpha value is -6.80. The maximum absolute atomic E-state index is 13.2. The van der Waals surface area contributed by atoms with Crippen LogP contribution in [0.2, 0.25) is 0 Å². The number of nitrogens with one attached hydrogen (secondary N) is 1. The molecule has 2 saturated heterocycles. The lowest BCUT2D eigenvalue weighted by molar-refractivity contribution is -0.173. The summed E-state index contributed by atoms with van der Waals surface area (Å²) in [6.45, 7) is 7.60. The fourth-order valence-corrected chi connectivity index (χ4v) is 6.57. The fourth-order valence-electron chi connectivity index (χ4n) is 6.57. The van der Waals surface area contributed by atoms with E-state index >= 15 is 0 Å². The highest BCUT2D eigenvalue weighted by molar-refractivity contribution is 6.00. The molecule has 0 radical (unpaired) electrons. The number of carbonyl (C=O) groups is 4. The number of anilines is 2. The standard InChI is InChI=1S/C23H24F3N3O4.C22H21F3N4O3/c1-16-2-8-19(9-3-16)29(22(32)28-10-12-33-13-11-28)15-17-4-6-18(7-5-17)20(30)14-27-21(31)23(24,25)26;1-15-2-8-18(9-3-15)29(21(30)28-10-12-31-13-11-28)14-16-4-6-17(7-5-16)19-26-27-20(32-19)22(23,24)25/h2-9H,10-15H2,1H3,(H,27,31);2-9H,10-14H2,1H3. The second-order valence-corrected chi connectivity index (χ2v) is 15.0. The quantitative estimate of drug-likeness (QED) is 0.109. The van der Waals surface area contributed by atoms with Crippen LogP contribution in [-0.4, -0.2) is 109 Å². The highest BCUT2D eigenvalue weighted by Gasteiger charge is 2.39. The van der Waals surface area contributed by atoms with E-state index in [1.807, 2.05) is 62.4 Å². The zero-order valence-corrected chi connectivity index (χ0v) is 35.3. The molecular weight excluding hydrogens is 865 g/mol. The molecule has 14 nitrogen and oxygen atoms in total. The van der Waals surface area contributed by atoms with Crippen LogP contribution in [0.4, 0.5) is 47.3 Å². The summed E-state index contributed by atoms with van der Waals surface area (Å²) in [6, 6.07) is 27.7. The van der Waals surface area contributed by atoms with Gasteiger partial charge in [-0.25, -0.2) is 9.59 Å². The van der Waals surface area contributed by atoms with E-state index in [0.717, 1.165) is 27.9 Å². The maximum atomic E-state index is 13.2. The predicted octanol–water partition coefficient (Wildman–Crippen LogP) is 7.84. The van der Waals surface area contributed by atoms with E-state index in [1.54, 1.807) is 61.3 Å². The number of urea groups is 2. The smallest absolute Gasteiger partial charge is 0.413 e. The van der Waals surface area contributed by atoms with Gasteiger partial charge in [0.15, 0.2) is 5.78 Å². The number of alkyl halides is 6. The van der Waals surface area contributed by atoms with Crippen molar-refractivity contribution in [3.05, 3.63) is 131 Å². The highest BCUT2D eigenvalue weighted by Crippen LogP contribution is 2.31. The molecule has 7 rings (SSSR count). The first-order chi connectivity index (χ1) is 31.0. The molecule has 2 fully saturated rings. The number of Topliss-reactive ketones (excluding diaryl/α,β-unsaturated/α-hetero) is 1. The van der Waals surface area contributed by atoms with Gasteiger partial charge in [-0.3, -0.25) is 19.4 Å². The molecule has 0 unspecified atom stereocenters. The van der Waals surface area contributed by atoms with E-state index in [0.29, 0.717) is 63.9 Å². The van der Waals surface area contributed by atoms with Crippen molar-refractivity contribution >= 4 is 35.1 Å². The van der Waals surface area contributed by atoms with Crippen LogP contribution in [0.1, 0.15) is 38.5 Å². The third-order valence-corrected chi connectivity index (χ3v) is 10.2. The average molecular weight is 910 g/mol. The van der Waals surface area contributed by atoms with E-state index < -0.39 is 36.5 Å². The summed E-state index contributed by atoms with van der Waals surface area (Å²) in [5.74, 6) is -4.43. The highest BCUT2D eigenvalue weighted by atomic mass is 19.4. The lowest BCUT2D eigenvalue weighted by Crippen LogP contribution is -2.48. The minimum absolute atomic E-state index is 0.132. The van der Waals surface area contributed by atoms with E-state index in [9.17, 15) is 45.5 Å². The van der Waals surface area contributed by atoms with Crippen molar-refractivity contribution in [1.82, 2.24) is 25.3 Å². The Labute approximate surface area is 369 Å². The Morgan fingerprint density at radius 3 is 1.45 bits per heavy atom. The number of rotatable bonds is 10. The van der Waals surface area contributed by atoms with Crippen molar-refractivity contribution in [1.29, 1.82) is 0 Å². The summed E-state index contributed by atoms with van der Waals surface area (Å²) in [5.41, 5.74) is 5.64. The molecule has 1 aromatic heterocycles. The first kappa shape index (κ1) is 47.7. The van der Waals surface area contributed by atoms with Crippen LogP contribution in [0.3, 0.4) is 0 Å². The van der Waals surface area contributed by atoms with Crippen LogP contribution in [0.25, 0.3) is 11.5 Å². The number of nitrogens with zero attached hydrogens (tertiary/aromatic N) is 6. The van der Waals surface area contributed by atoms with Gasteiger partial charge in [0, 0.05) is 48.7 Å². The molecule has 65 heavy (non-hydrogen) atoms. The average Bonchev–Trinajstić information content (AvgIpc) is 3.82. The third kappa shape index (κ3) is 13.1. The minimum atomic E-state index is -5.05. The Kier molecular flexibility index (Phi) is 15.6. The normalized spacial score (nSPS) is 14.2. The number of hydrogen-bond acceptors (Lipinski definition) is 9. The second-order valence-electron chi connectivity index (χ2n) is 15.0. The van der Waals surface area contributed by atoms with E-state index in [1.165, 1.54) is 12.1 Å². The van der Waals surface area contributed by atoms with E-state index in [2.05, 4.69) is 10.2 Å². The molecular formula is C45H45F6N7O7. The summed E-state index contributed by atoms with van der Waals surface area (Å²) in [4.78, 5) is 56.2. The topological polar surface area (TPSA) is 151 Å². The first-order valence-electron chi connectivity index (χ1n) is 20.3. The molecule has 2 aliphatic rings. The largest absolute Gasteiger partial charge is 0.471 e. The van der Waals surface area contributed by atoms with Gasteiger partial charge in [-0.15, -0.1) is 10.2 Å². The van der Waals surface area contributed by atoms with E-state index in [-0.39, 0.29) is 36.6 Å². The van der Waals surface area contributed by atoms with Crippen molar-refractivity contribution in [2.24, 2.45) is 0 Å². The number of benzene rings is 4. The van der Waals surface area contributed by atoms with Crippen LogP contribution in [0.15, 0.2) is 101 Å². The third-order valence-electron chi connectivity index (χ3n) is 10.2. The van der Waals surface area contributed by atoms with Gasteiger partial charge in [-0.2, -0.15) is 26.3 Å². The van der Waals surface area contributed by atoms with Crippen LogP contribution >= 0.6 is 0 Å². The number of aromatic nitrogens is 2. The van der Waals surface area contributed by atoms with Crippen LogP contribution < -0.4 is 15.1 Å². The number of morpholine rings is 2. The summed E-state index contributed by atoms with van der Waals surface area (Å²) < 4.78 is 90.3. The number of halogens is 6. The zero-order chi connectivity index (χ0) is 46.7. The lowest BCUT2D eigenvalue weighted by Gasteiger charge is -2.33. The molecule has 2 aliphatic heterocycles. The molecule has 0 aliphatic carbocycles. The number of aryl methyl sites for hydroxylation is 2. The molecule has 0 saturated carbocycles. The van der Waals surface area contributed by atoms with Crippen molar-refractivity contribution in [2.75, 3.05) is 69.0 Å². The molecule has 0 atom stereocenters. The Bertz CT molecular complexity index is 2380. The van der Waals surface area contributed by atoms with Crippen LogP contribution in [-0.2, 0) is 33.5 Å². The molecule has 344 valence electrons. The number of carbonyl (C=O) groups excluding carboxylic acids is 4. The number of hydrogen-bond donors (Lipinski definition) is 1. The van der Waals surface area contributed by atoms with Gasteiger partial charge in [-0.05, 0) is 61.4 Å². The maximum Gasteiger partial charge on any atom is 0.471 e. The van der Waals surface area contributed by atoms with Crippen molar-refractivity contribution in [2.45, 2.75) is 39.3 Å². The summed E-state index contributed by atoms with van der Waals surface area (Å²) in [6.07, 6.45) is -9.74. The predicted molar refractivity (Wildman–Crippen MR) is 225 cm³/mol. The molecule has 20 heteroatoms. The van der Waals surface area contributed by atoms with Gasteiger partial charge in [0.2, 0.25) is 5.89 Å². The Balaban J connectivity index is 0.000000215. The number of ether oxygens (including phenoxy) is 2.